The fraction of sp³-hybridized carbons (Fsp3) is 0.818. The summed E-state index contributed by atoms with van der Waals surface area (Å²) in [4.78, 5) is 0. The Labute approximate surface area is 82.9 Å². The Morgan fingerprint density at radius 2 is 2.14 bits per heavy atom. The molecule has 0 radical (unpaired) electrons. The summed E-state index contributed by atoms with van der Waals surface area (Å²) in [6.45, 7) is 0. The molecule has 4 rings (SSSR count). The maximum absolute atomic E-state index is 5.81. The van der Waals surface area contributed by atoms with Crippen LogP contribution < -0.4 is 0 Å². The van der Waals surface area contributed by atoms with Crippen LogP contribution in [0.15, 0.2) is 4.42 Å². The van der Waals surface area contributed by atoms with Crippen LogP contribution in [0.4, 0.5) is 0 Å². The maximum atomic E-state index is 5.81. The molecule has 0 N–H and O–H groups in total. The first-order chi connectivity index (χ1) is 6.88. The van der Waals surface area contributed by atoms with Gasteiger partial charge in [-0.25, -0.2) is 0 Å². The van der Waals surface area contributed by atoms with Gasteiger partial charge in [0, 0.05) is 5.92 Å². The van der Waals surface area contributed by atoms with Crippen molar-refractivity contribution in [2.24, 2.45) is 5.92 Å². The van der Waals surface area contributed by atoms with Gasteiger partial charge >= 0.3 is 0 Å². The maximum Gasteiger partial charge on any atom is 0.222 e. The minimum atomic E-state index is 0.347. The van der Waals surface area contributed by atoms with Crippen molar-refractivity contribution in [3.63, 3.8) is 0 Å². The van der Waals surface area contributed by atoms with E-state index in [0.717, 1.165) is 17.7 Å². The predicted molar refractivity (Wildman–Crippen MR) is 49.9 cm³/mol. The van der Waals surface area contributed by atoms with E-state index >= 15 is 0 Å². The second-order valence-corrected chi connectivity index (χ2v) is 5.17. The highest BCUT2D eigenvalue weighted by molar-refractivity contribution is 5.23. The van der Waals surface area contributed by atoms with E-state index in [1.54, 1.807) is 0 Å². The van der Waals surface area contributed by atoms with Gasteiger partial charge in [-0.3, -0.25) is 0 Å². The topological polar surface area (TPSA) is 38.9 Å². The van der Waals surface area contributed by atoms with E-state index in [2.05, 4.69) is 10.2 Å². The Morgan fingerprint density at radius 1 is 1.21 bits per heavy atom. The van der Waals surface area contributed by atoms with Crippen LogP contribution in [0.5, 0.6) is 0 Å². The second kappa shape index (κ2) is 2.20. The van der Waals surface area contributed by atoms with Gasteiger partial charge < -0.3 is 4.42 Å². The number of hydrogen-bond acceptors (Lipinski definition) is 3. The molecular formula is C11H14N2O. The van der Waals surface area contributed by atoms with Crippen molar-refractivity contribution in [2.75, 3.05) is 0 Å². The Morgan fingerprint density at radius 3 is 2.79 bits per heavy atom. The molecule has 74 valence electrons. The Hall–Kier alpha value is -0.860. The molecule has 14 heavy (non-hydrogen) atoms. The third kappa shape index (κ3) is 0.830. The summed E-state index contributed by atoms with van der Waals surface area (Å²) < 4.78 is 5.81. The van der Waals surface area contributed by atoms with Crippen LogP contribution in [-0.4, -0.2) is 10.2 Å². The molecule has 0 spiro atoms. The largest absolute Gasteiger partial charge is 0.424 e. The van der Waals surface area contributed by atoms with Crippen molar-refractivity contribution in [1.29, 1.82) is 0 Å². The third-order valence-corrected chi connectivity index (χ3v) is 4.20. The van der Waals surface area contributed by atoms with Crippen LogP contribution in [0.25, 0.3) is 0 Å². The molecule has 3 saturated carbocycles. The van der Waals surface area contributed by atoms with Gasteiger partial charge in [0.1, 0.15) is 0 Å². The van der Waals surface area contributed by atoms with Crippen LogP contribution >= 0.6 is 0 Å². The molecule has 3 aliphatic carbocycles. The van der Waals surface area contributed by atoms with Crippen LogP contribution in [0.2, 0.25) is 0 Å². The average Bonchev–Trinajstić information content (AvgIpc) is 3.09. The minimum Gasteiger partial charge on any atom is -0.424 e. The number of aromatic nitrogens is 2. The lowest BCUT2D eigenvalue weighted by Gasteiger charge is -2.03. The summed E-state index contributed by atoms with van der Waals surface area (Å²) >= 11 is 0. The van der Waals surface area contributed by atoms with Gasteiger partial charge in [-0.15, -0.1) is 10.2 Å². The van der Waals surface area contributed by atoms with Gasteiger partial charge in [0.25, 0.3) is 0 Å². The molecule has 0 aromatic carbocycles. The van der Waals surface area contributed by atoms with E-state index in [1.165, 1.54) is 38.5 Å². The van der Waals surface area contributed by atoms with Crippen LogP contribution in [-0.2, 0) is 5.41 Å². The highest BCUT2D eigenvalue weighted by Crippen LogP contribution is 2.64. The summed E-state index contributed by atoms with van der Waals surface area (Å²) in [5.74, 6) is 3.34. The summed E-state index contributed by atoms with van der Waals surface area (Å²) in [5, 5.41) is 8.43. The molecule has 3 nitrogen and oxygen atoms in total. The monoisotopic (exact) mass is 190 g/mol. The zero-order valence-electron chi connectivity index (χ0n) is 8.20. The van der Waals surface area contributed by atoms with Crippen LogP contribution in [0, 0.1) is 5.92 Å². The van der Waals surface area contributed by atoms with E-state index in [9.17, 15) is 0 Å². The van der Waals surface area contributed by atoms with Crippen molar-refractivity contribution in [1.82, 2.24) is 10.2 Å². The molecule has 0 saturated heterocycles. The van der Waals surface area contributed by atoms with Crippen molar-refractivity contribution in [3.05, 3.63) is 11.8 Å². The lowest BCUT2D eigenvalue weighted by molar-refractivity contribution is 0.398. The zero-order valence-corrected chi connectivity index (χ0v) is 8.20. The number of nitrogens with zero attached hydrogens (tertiary/aromatic N) is 2. The minimum absolute atomic E-state index is 0.347. The molecule has 0 bridgehead atoms. The van der Waals surface area contributed by atoms with Gasteiger partial charge in [0.2, 0.25) is 11.8 Å². The molecule has 3 aliphatic rings. The molecule has 1 aromatic heterocycles. The fourth-order valence-electron chi connectivity index (χ4n) is 3.03. The normalized spacial score (nSPS) is 39.9. The van der Waals surface area contributed by atoms with Crippen LogP contribution in [0.3, 0.4) is 0 Å². The Balaban J connectivity index is 1.69. The van der Waals surface area contributed by atoms with E-state index in [4.69, 9.17) is 4.42 Å². The van der Waals surface area contributed by atoms with Gasteiger partial charge in [-0.05, 0) is 38.0 Å². The summed E-state index contributed by atoms with van der Waals surface area (Å²) in [7, 11) is 0. The van der Waals surface area contributed by atoms with Crippen molar-refractivity contribution in [2.45, 2.75) is 49.9 Å². The highest BCUT2D eigenvalue weighted by atomic mass is 16.4. The SMILES string of the molecule is C1CC2CC2(c2nnc(C3CC3)o2)C1. The molecule has 3 heteroatoms. The van der Waals surface area contributed by atoms with E-state index < -0.39 is 0 Å². The molecule has 0 amide bonds. The molecule has 3 fully saturated rings. The van der Waals surface area contributed by atoms with E-state index in [0.29, 0.717) is 11.3 Å². The standard InChI is InChI=1S/C11H14N2O/c1-2-8-6-11(8,5-1)10-13-12-9(14-10)7-3-4-7/h7-8H,1-6H2. The number of hydrogen-bond donors (Lipinski definition) is 0. The molecular weight excluding hydrogens is 176 g/mol. The van der Waals surface area contributed by atoms with Gasteiger partial charge in [-0.2, -0.15) is 0 Å². The predicted octanol–water partition coefficient (Wildman–Crippen LogP) is 2.39. The highest BCUT2D eigenvalue weighted by Gasteiger charge is 2.61. The van der Waals surface area contributed by atoms with Crippen molar-refractivity contribution < 1.29 is 4.42 Å². The molecule has 1 heterocycles. The Kier molecular flexibility index (Phi) is 1.17. The quantitative estimate of drug-likeness (QED) is 0.718. The smallest absolute Gasteiger partial charge is 0.222 e. The van der Waals surface area contributed by atoms with Crippen molar-refractivity contribution in [3.8, 4) is 0 Å². The van der Waals surface area contributed by atoms with E-state index in [-0.39, 0.29) is 0 Å². The van der Waals surface area contributed by atoms with Gasteiger partial charge in [0.05, 0.1) is 5.41 Å². The molecule has 0 aliphatic heterocycles. The zero-order chi connectivity index (χ0) is 9.17. The summed E-state index contributed by atoms with van der Waals surface area (Å²) in [6, 6.07) is 0. The van der Waals surface area contributed by atoms with Gasteiger partial charge in [0.15, 0.2) is 0 Å². The lowest BCUT2D eigenvalue weighted by Crippen LogP contribution is -2.05. The first-order valence-corrected chi connectivity index (χ1v) is 5.72. The van der Waals surface area contributed by atoms with Gasteiger partial charge in [-0.1, -0.05) is 6.42 Å². The number of fused-ring (bicyclic) bond motifs is 1. The molecule has 2 atom stereocenters. The fourth-order valence-corrected chi connectivity index (χ4v) is 3.03. The second-order valence-electron chi connectivity index (χ2n) is 5.17. The number of rotatable bonds is 2. The van der Waals surface area contributed by atoms with E-state index in [1.807, 2.05) is 0 Å². The van der Waals surface area contributed by atoms with Crippen molar-refractivity contribution >= 4 is 0 Å². The lowest BCUT2D eigenvalue weighted by atomic mass is 10.0. The first-order valence-electron chi connectivity index (χ1n) is 5.72. The summed E-state index contributed by atoms with van der Waals surface area (Å²) in [6.07, 6.45) is 7.81. The average molecular weight is 190 g/mol. The molecule has 1 aromatic rings. The summed E-state index contributed by atoms with van der Waals surface area (Å²) in [5.41, 5.74) is 0.347. The Bertz CT molecular complexity index is 382. The first kappa shape index (κ1) is 7.43. The third-order valence-electron chi connectivity index (χ3n) is 4.20. The molecule has 2 unspecified atom stereocenters. The van der Waals surface area contributed by atoms with Crippen LogP contribution in [0.1, 0.15) is 56.2 Å².